The third-order valence-electron chi connectivity index (χ3n) is 3.39. The molecule has 0 bridgehead atoms. The van der Waals surface area contributed by atoms with E-state index in [9.17, 15) is 0 Å². The summed E-state index contributed by atoms with van der Waals surface area (Å²) < 4.78 is 0. The Labute approximate surface area is 118 Å². The Morgan fingerprint density at radius 2 is 2.22 bits per heavy atom. The monoisotopic (exact) mass is 281 g/mol. The van der Waals surface area contributed by atoms with E-state index in [1.165, 1.54) is 25.7 Å². The number of rotatable bonds is 4. The average molecular weight is 281 g/mol. The number of hydrogen-bond acceptors (Lipinski definition) is 4. The molecule has 1 heterocycles. The minimum atomic E-state index is 0.397. The van der Waals surface area contributed by atoms with Gasteiger partial charge < -0.3 is 11.1 Å². The molecule has 5 heteroatoms. The standard InChI is InChI=1S/C13H19N3S2/c1-18-11-5-3-2-4-10(11)16-12-7-6-9(8-15-12)13(14)17/h6-8,10-11H,2-5H2,1H3,(H2,14,17)(H,15,16). The van der Waals surface area contributed by atoms with E-state index in [0.29, 0.717) is 16.3 Å². The number of aromatic nitrogens is 1. The Morgan fingerprint density at radius 3 is 2.83 bits per heavy atom. The number of hydrogen-bond donors (Lipinski definition) is 2. The first-order chi connectivity index (χ1) is 8.70. The van der Waals surface area contributed by atoms with E-state index in [2.05, 4.69) is 16.6 Å². The first kappa shape index (κ1) is 13.6. The highest BCUT2D eigenvalue weighted by molar-refractivity contribution is 7.99. The fourth-order valence-electron chi connectivity index (χ4n) is 2.36. The number of nitrogens with zero attached hydrogens (tertiary/aromatic N) is 1. The lowest BCUT2D eigenvalue weighted by molar-refractivity contribution is 0.474. The molecule has 1 fully saturated rings. The van der Waals surface area contributed by atoms with E-state index in [1.54, 1.807) is 6.20 Å². The summed E-state index contributed by atoms with van der Waals surface area (Å²) in [6.45, 7) is 0. The normalized spacial score (nSPS) is 23.6. The maximum absolute atomic E-state index is 5.56. The van der Waals surface area contributed by atoms with Crippen molar-refractivity contribution in [2.45, 2.75) is 37.0 Å². The van der Waals surface area contributed by atoms with E-state index in [1.807, 2.05) is 23.9 Å². The molecule has 2 rings (SSSR count). The van der Waals surface area contributed by atoms with Crippen molar-refractivity contribution in [2.75, 3.05) is 11.6 Å². The quantitative estimate of drug-likeness (QED) is 0.831. The second-order valence-corrected chi connectivity index (χ2v) is 6.12. The smallest absolute Gasteiger partial charge is 0.126 e. The van der Waals surface area contributed by atoms with Gasteiger partial charge in [0.1, 0.15) is 10.8 Å². The van der Waals surface area contributed by atoms with E-state index in [4.69, 9.17) is 18.0 Å². The molecule has 3 nitrogen and oxygen atoms in total. The van der Waals surface area contributed by atoms with Crippen LogP contribution in [0.4, 0.5) is 5.82 Å². The first-order valence-electron chi connectivity index (χ1n) is 6.26. The predicted octanol–water partition coefficient (Wildman–Crippen LogP) is 2.80. The van der Waals surface area contributed by atoms with Crippen molar-refractivity contribution in [1.82, 2.24) is 4.98 Å². The number of nitrogens with two attached hydrogens (primary N) is 1. The first-order valence-corrected chi connectivity index (χ1v) is 7.95. The molecular formula is C13H19N3S2. The summed E-state index contributed by atoms with van der Waals surface area (Å²) in [7, 11) is 0. The van der Waals surface area contributed by atoms with E-state index in [0.717, 1.165) is 11.4 Å². The van der Waals surface area contributed by atoms with Crippen LogP contribution in [0.5, 0.6) is 0 Å². The van der Waals surface area contributed by atoms with Crippen LogP contribution in [-0.4, -0.2) is 27.5 Å². The van der Waals surface area contributed by atoms with Crippen LogP contribution in [0.1, 0.15) is 31.2 Å². The minimum Gasteiger partial charge on any atom is -0.389 e. The van der Waals surface area contributed by atoms with Crippen molar-refractivity contribution in [3.8, 4) is 0 Å². The summed E-state index contributed by atoms with van der Waals surface area (Å²) in [4.78, 5) is 4.77. The van der Waals surface area contributed by atoms with Gasteiger partial charge in [-0.1, -0.05) is 25.1 Å². The maximum Gasteiger partial charge on any atom is 0.126 e. The van der Waals surface area contributed by atoms with Crippen molar-refractivity contribution in [2.24, 2.45) is 5.73 Å². The van der Waals surface area contributed by atoms with Crippen LogP contribution in [0, 0.1) is 0 Å². The molecular weight excluding hydrogens is 262 g/mol. The zero-order chi connectivity index (χ0) is 13.0. The van der Waals surface area contributed by atoms with Gasteiger partial charge in [0.05, 0.1) is 0 Å². The fraction of sp³-hybridized carbons (Fsp3) is 0.538. The number of thioether (sulfide) groups is 1. The van der Waals surface area contributed by atoms with Gasteiger partial charge in [0.2, 0.25) is 0 Å². The van der Waals surface area contributed by atoms with Gasteiger partial charge in [-0.3, -0.25) is 0 Å². The topological polar surface area (TPSA) is 50.9 Å². The predicted molar refractivity (Wildman–Crippen MR) is 83.3 cm³/mol. The second-order valence-electron chi connectivity index (χ2n) is 4.61. The number of pyridine rings is 1. The summed E-state index contributed by atoms with van der Waals surface area (Å²) in [6, 6.07) is 4.41. The van der Waals surface area contributed by atoms with Gasteiger partial charge in [-0.05, 0) is 31.2 Å². The summed E-state index contributed by atoms with van der Waals surface area (Å²) in [5, 5.41) is 4.22. The summed E-state index contributed by atoms with van der Waals surface area (Å²) in [5.41, 5.74) is 6.38. The molecule has 3 N–H and O–H groups in total. The molecule has 18 heavy (non-hydrogen) atoms. The van der Waals surface area contributed by atoms with E-state index in [-0.39, 0.29) is 0 Å². The van der Waals surface area contributed by atoms with Crippen molar-refractivity contribution < 1.29 is 0 Å². The van der Waals surface area contributed by atoms with Gasteiger partial charge >= 0.3 is 0 Å². The van der Waals surface area contributed by atoms with Crippen molar-refractivity contribution in [3.05, 3.63) is 23.9 Å². The Morgan fingerprint density at radius 1 is 1.44 bits per heavy atom. The average Bonchev–Trinajstić information content (AvgIpc) is 2.40. The van der Waals surface area contributed by atoms with Crippen molar-refractivity contribution >= 4 is 34.8 Å². The second kappa shape index (κ2) is 6.38. The van der Waals surface area contributed by atoms with Gasteiger partial charge in [0, 0.05) is 23.1 Å². The fourth-order valence-corrected chi connectivity index (χ4v) is 3.41. The van der Waals surface area contributed by atoms with Crippen molar-refractivity contribution in [1.29, 1.82) is 0 Å². The lowest BCUT2D eigenvalue weighted by atomic mass is 9.95. The zero-order valence-corrected chi connectivity index (χ0v) is 12.2. The van der Waals surface area contributed by atoms with Crippen LogP contribution in [0.15, 0.2) is 18.3 Å². The number of thiocarbonyl (C=S) groups is 1. The SMILES string of the molecule is CSC1CCCCC1Nc1ccc(C(N)=S)cn1. The highest BCUT2D eigenvalue weighted by Gasteiger charge is 2.24. The van der Waals surface area contributed by atoms with Gasteiger partial charge in [-0.2, -0.15) is 11.8 Å². The van der Waals surface area contributed by atoms with Crippen molar-refractivity contribution in [3.63, 3.8) is 0 Å². The molecule has 1 saturated carbocycles. The summed E-state index contributed by atoms with van der Waals surface area (Å²) in [6.07, 6.45) is 9.10. The third kappa shape index (κ3) is 3.36. The molecule has 2 atom stereocenters. The van der Waals surface area contributed by atoms with Gasteiger partial charge in [-0.15, -0.1) is 0 Å². The zero-order valence-electron chi connectivity index (χ0n) is 10.6. The largest absolute Gasteiger partial charge is 0.389 e. The molecule has 0 saturated heterocycles. The lowest BCUT2D eigenvalue weighted by Crippen LogP contribution is -2.34. The minimum absolute atomic E-state index is 0.397. The third-order valence-corrected chi connectivity index (χ3v) is 4.79. The number of nitrogens with one attached hydrogen (secondary N) is 1. The highest BCUT2D eigenvalue weighted by atomic mass is 32.2. The van der Waals surface area contributed by atoms with Crippen LogP contribution in [0.2, 0.25) is 0 Å². The van der Waals surface area contributed by atoms with Crippen LogP contribution in [0.25, 0.3) is 0 Å². The lowest BCUT2D eigenvalue weighted by Gasteiger charge is -2.31. The molecule has 1 aromatic rings. The molecule has 0 amide bonds. The molecule has 1 aliphatic carbocycles. The molecule has 0 radical (unpaired) electrons. The molecule has 1 aromatic heterocycles. The van der Waals surface area contributed by atoms with Gasteiger partial charge in [-0.25, -0.2) is 4.98 Å². The highest BCUT2D eigenvalue weighted by Crippen LogP contribution is 2.29. The summed E-state index contributed by atoms with van der Waals surface area (Å²) >= 11 is 6.87. The van der Waals surface area contributed by atoms with E-state index >= 15 is 0 Å². The molecule has 1 aliphatic rings. The molecule has 0 aromatic carbocycles. The molecule has 2 unspecified atom stereocenters. The Bertz CT molecular complexity index is 405. The molecule has 0 spiro atoms. The van der Waals surface area contributed by atoms with Crippen LogP contribution >= 0.6 is 24.0 Å². The Balaban J connectivity index is 2.01. The number of anilines is 1. The van der Waals surface area contributed by atoms with Gasteiger partial charge in [0.15, 0.2) is 0 Å². The van der Waals surface area contributed by atoms with Crippen LogP contribution < -0.4 is 11.1 Å². The Hall–Kier alpha value is -0.810. The molecule has 98 valence electrons. The summed E-state index contributed by atoms with van der Waals surface area (Å²) in [5.74, 6) is 0.918. The maximum atomic E-state index is 5.56. The van der Waals surface area contributed by atoms with Crippen LogP contribution in [0.3, 0.4) is 0 Å². The Kier molecular flexibility index (Phi) is 4.83. The molecule has 0 aliphatic heterocycles. The van der Waals surface area contributed by atoms with Crippen LogP contribution in [-0.2, 0) is 0 Å². The van der Waals surface area contributed by atoms with Gasteiger partial charge in [0.25, 0.3) is 0 Å². The van der Waals surface area contributed by atoms with E-state index < -0.39 is 0 Å².